The van der Waals surface area contributed by atoms with Crippen LogP contribution in [0.4, 0.5) is 0 Å². The highest BCUT2D eigenvalue weighted by molar-refractivity contribution is 7.47. The standard InChI is InChI=1S/C69H135O13P/c1-3-5-7-9-11-13-15-17-19-21-23-25-27-29-31-33-35-37-39-41-43-45-47-49-51-53-55-57-62(70)79-59-61(60-80-83(77,78)82-69-67(75)65(73)64(72)66(74)68(69)76)81-63(71)58-56-54-52-50-48-46-44-42-40-38-36-34-32-30-28-26-24-22-20-18-16-14-12-10-8-6-4-2/h61,64-69,72-76H,3-60H2,1-2H3,(H,77,78)/t61-,64?,65-,66?,67?,68?,69?/m1/s1. The Kier molecular flexibility index (Phi) is 56.3. The van der Waals surface area contributed by atoms with Gasteiger partial charge in [-0.15, -0.1) is 0 Å². The summed E-state index contributed by atoms with van der Waals surface area (Å²) in [5.74, 6) is -1.07. The van der Waals surface area contributed by atoms with E-state index >= 15 is 0 Å². The molecule has 0 saturated heterocycles. The van der Waals surface area contributed by atoms with Crippen molar-refractivity contribution in [2.75, 3.05) is 13.2 Å². The van der Waals surface area contributed by atoms with Crippen LogP contribution in [-0.2, 0) is 32.7 Å². The van der Waals surface area contributed by atoms with Crippen molar-refractivity contribution in [3.63, 3.8) is 0 Å². The molecule has 83 heavy (non-hydrogen) atoms. The summed E-state index contributed by atoms with van der Waals surface area (Å²) in [6.45, 7) is 3.42. The molecule has 0 aromatic heterocycles. The molecule has 1 saturated carbocycles. The molecule has 8 atom stereocenters. The third kappa shape index (κ3) is 49.4. The maximum atomic E-state index is 13.0. The number of hydrogen-bond donors (Lipinski definition) is 6. The lowest BCUT2D eigenvalue weighted by Crippen LogP contribution is -2.64. The fourth-order valence-electron chi connectivity index (χ4n) is 11.8. The van der Waals surface area contributed by atoms with Gasteiger partial charge >= 0.3 is 19.8 Å². The van der Waals surface area contributed by atoms with E-state index in [0.29, 0.717) is 12.8 Å². The molecule has 0 aromatic rings. The first kappa shape index (κ1) is 79.9. The molecule has 494 valence electrons. The van der Waals surface area contributed by atoms with Crippen LogP contribution in [0.15, 0.2) is 0 Å². The van der Waals surface area contributed by atoms with E-state index in [1.807, 2.05) is 0 Å². The van der Waals surface area contributed by atoms with Gasteiger partial charge in [0, 0.05) is 12.8 Å². The van der Waals surface area contributed by atoms with E-state index in [1.165, 1.54) is 295 Å². The summed E-state index contributed by atoms with van der Waals surface area (Å²) in [7, 11) is -5.13. The number of hydrogen-bond acceptors (Lipinski definition) is 12. The van der Waals surface area contributed by atoms with Crippen molar-refractivity contribution in [3.8, 4) is 0 Å². The molecule has 1 fully saturated rings. The van der Waals surface area contributed by atoms with Gasteiger partial charge in [-0.05, 0) is 12.8 Å². The molecule has 0 amide bonds. The second kappa shape index (κ2) is 58.5. The van der Waals surface area contributed by atoms with Gasteiger partial charge in [-0.2, -0.15) is 0 Å². The molecule has 0 heterocycles. The lowest BCUT2D eigenvalue weighted by Gasteiger charge is -2.41. The number of phosphoric acid groups is 1. The Morgan fingerprint density at radius 3 is 0.795 bits per heavy atom. The summed E-state index contributed by atoms with van der Waals surface area (Å²) in [4.78, 5) is 36.2. The quantitative estimate of drug-likeness (QED) is 0.0190. The van der Waals surface area contributed by atoms with Crippen molar-refractivity contribution in [1.82, 2.24) is 0 Å². The maximum absolute atomic E-state index is 13.0. The van der Waals surface area contributed by atoms with Crippen LogP contribution >= 0.6 is 7.82 Å². The molecular formula is C69H135O13P. The van der Waals surface area contributed by atoms with E-state index in [9.17, 15) is 44.6 Å². The van der Waals surface area contributed by atoms with Gasteiger partial charge in [0.15, 0.2) is 6.10 Å². The molecule has 0 aliphatic heterocycles. The van der Waals surface area contributed by atoms with Gasteiger partial charge in [-0.3, -0.25) is 18.6 Å². The number of carbonyl (C=O) groups excluding carboxylic acids is 2. The van der Waals surface area contributed by atoms with Crippen LogP contribution in [0.25, 0.3) is 0 Å². The minimum Gasteiger partial charge on any atom is -0.462 e. The molecule has 6 N–H and O–H groups in total. The lowest BCUT2D eigenvalue weighted by molar-refractivity contribution is -0.220. The van der Waals surface area contributed by atoms with Crippen LogP contribution in [0.5, 0.6) is 0 Å². The first-order chi connectivity index (χ1) is 40.4. The highest BCUT2D eigenvalue weighted by atomic mass is 31.2. The van der Waals surface area contributed by atoms with Gasteiger partial charge in [0.05, 0.1) is 6.61 Å². The number of unbranched alkanes of at least 4 members (excludes halogenated alkanes) is 52. The summed E-state index contributed by atoms with van der Waals surface area (Å²) in [6, 6.07) is 0. The third-order valence-corrected chi connectivity index (χ3v) is 18.4. The fraction of sp³-hybridized carbons (Fsp3) is 0.971. The summed E-state index contributed by atoms with van der Waals surface area (Å²) >= 11 is 0. The number of phosphoric ester groups is 1. The van der Waals surface area contributed by atoms with Gasteiger partial charge in [0.1, 0.15) is 43.2 Å². The normalized spacial score (nSPS) is 19.3. The van der Waals surface area contributed by atoms with Crippen LogP contribution in [0.3, 0.4) is 0 Å². The van der Waals surface area contributed by atoms with Gasteiger partial charge in [-0.1, -0.05) is 348 Å². The molecule has 1 aliphatic carbocycles. The van der Waals surface area contributed by atoms with Crippen LogP contribution in [0.1, 0.15) is 373 Å². The predicted octanol–water partition coefficient (Wildman–Crippen LogP) is 18.6. The van der Waals surface area contributed by atoms with Crippen molar-refractivity contribution < 1.29 is 63.1 Å². The lowest BCUT2D eigenvalue weighted by atomic mass is 9.85. The van der Waals surface area contributed by atoms with E-state index in [1.54, 1.807) is 0 Å². The first-order valence-electron chi connectivity index (χ1n) is 35.8. The number of carbonyl (C=O) groups is 2. The maximum Gasteiger partial charge on any atom is 0.472 e. The second-order valence-corrected chi connectivity index (χ2v) is 26.9. The number of aliphatic hydroxyl groups excluding tert-OH is 5. The molecule has 6 unspecified atom stereocenters. The zero-order chi connectivity index (χ0) is 60.5. The molecule has 1 aliphatic rings. The summed E-state index contributed by atoms with van der Waals surface area (Å²) in [6.07, 6.45) is 57.5. The van der Waals surface area contributed by atoms with Gasteiger partial charge in [0.2, 0.25) is 0 Å². The Labute approximate surface area is 510 Å². The molecule has 0 aromatic carbocycles. The fourth-order valence-corrected chi connectivity index (χ4v) is 12.8. The Hall–Kier alpha value is -1.15. The number of aliphatic hydroxyl groups is 5. The molecule has 14 heteroatoms. The SMILES string of the molecule is CCCCCCCCCCCCCCCCCCCCCCCCCCCCCC(=O)OC[C@H](COP(=O)(O)OC1C(O)C(O)C(O)[C@@H](O)C1O)OC(=O)CCCCCCCCCCCCCCCCCCCCCCCCCCCCC. The van der Waals surface area contributed by atoms with Crippen LogP contribution in [0, 0.1) is 0 Å². The Bertz CT molecular complexity index is 1440. The van der Waals surface area contributed by atoms with E-state index in [4.69, 9.17) is 18.5 Å². The monoisotopic (exact) mass is 1200 g/mol. The molecule has 0 bridgehead atoms. The smallest absolute Gasteiger partial charge is 0.462 e. The molecule has 0 spiro atoms. The second-order valence-electron chi connectivity index (χ2n) is 25.5. The van der Waals surface area contributed by atoms with E-state index in [2.05, 4.69) is 13.8 Å². The molecule has 13 nitrogen and oxygen atoms in total. The molecule has 1 rings (SSSR count). The molecular weight excluding hydrogens is 1070 g/mol. The average molecular weight is 1200 g/mol. The summed E-state index contributed by atoms with van der Waals surface area (Å²) in [5, 5.41) is 50.6. The van der Waals surface area contributed by atoms with E-state index in [-0.39, 0.29) is 12.8 Å². The van der Waals surface area contributed by atoms with Gasteiger partial charge < -0.3 is 39.9 Å². The average Bonchev–Trinajstić information content (AvgIpc) is 3.56. The zero-order valence-corrected chi connectivity index (χ0v) is 54.9. The Morgan fingerprint density at radius 2 is 0.542 bits per heavy atom. The van der Waals surface area contributed by atoms with Crippen molar-refractivity contribution in [2.45, 2.75) is 416 Å². The van der Waals surface area contributed by atoms with Gasteiger partial charge in [0.25, 0.3) is 0 Å². The first-order valence-corrected chi connectivity index (χ1v) is 37.3. The van der Waals surface area contributed by atoms with Crippen molar-refractivity contribution >= 4 is 19.8 Å². The van der Waals surface area contributed by atoms with Crippen molar-refractivity contribution in [2.24, 2.45) is 0 Å². The number of esters is 2. The number of ether oxygens (including phenoxy) is 2. The zero-order valence-electron chi connectivity index (χ0n) is 54.0. The van der Waals surface area contributed by atoms with E-state index in [0.717, 1.165) is 38.5 Å². The Balaban J connectivity index is 2.20. The Morgan fingerprint density at radius 1 is 0.325 bits per heavy atom. The topological polar surface area (TPSA) is 210 Å². The minimum absolute atomic E-state index is 0.106. The predicted molar refractivity (Wildman–Crippen MR) is 341 cm³/mol. The minimum atomic E-state index is -5.13. The van der Waals surface area contributed by atoms with Crippen molar-refractivity contribution in [1.29, 1.82) is 0 Å². The van der Waals surface area contributed by atoms with Crippen LogP contribution in [0.2, 0.25) is 0 Å². The largest absolute Gasteiger partial charge is 0.472 e. The molecule has 0 radical (unpaired) electrons. The summed E-state index contributed by atoms with van der Waals surface area (Å²) in [5.41, 5.74) is 0. The summed E-state index contributed by atoms with van der Waals surface area (Å²) < 4.78 is 34.0. The highest BCUT2D eigenvalue weighted by Crippen LogP contribution is 2.47. The number of rotatable bonds is 64. The van der Waals surface area contributed by atoms with Crippen LogP contribution in [-0.4, -0.2) is 98.3 Å². The third-order valence-electron chi connectivity index (χ3n) is 17.4. The van der Waals surface area contributed by atoms with Gasteiger partial charge in [-0.25, -0.2) is 4.57 Å². The highest BCUT2D eigenvalue weighted by Gasteiger charge is 2.51. The van der Waals surface area contributed by atoms with Crippen LogP contribution < -0.4 is 0 Å². The van der Waals surface area contributed by atoms with Crippen molar-refractivity contribution in [3.05, 3.63) is 0 Å². The van der Waals surface area contributed by atoms with E-state index < -0.39 is 75.7 Å².